The maximum absolute atomic E-state index is 11.4. The molecule has 0 aromatic rings. The molecule has 1 unspecified atom stereocenters. The lowest BCUT2D eigenvalue weighted by atomic mass is 10.3. The molecule has 0 fully saturated rings. The summed E-state index contributed by atoms with van der Waals surface area (Å²) < 4.78 is 66.3. The highest BCUT2D eigenvalue weighted by molar-refractivity contribution is 4.76. The van der Waals surface area contributed by atoms with E-state index in [9.17, 15) is 26.3 Å². The van der Waals surface area contributed by atoms with E-state index in [1.54, 1.807) is 0 Å². The summed E-state index contributed by atoms with van der Waals surface area (Å²) in [7, 11) is 0. The molecule has 12 heavy (non-hydrogen) atoms. The maximum atomic E-state index is 11.4. The highest BCUT2D eigenvalue weighted by Crippen LogP contribution is 2.36. The van der Waals surface area contributed by atoms with Crippen LogP contribution in [0, 0.1) is 0 Å². The first-order valence-electron chi connectivity index (χ1n) is 1.95. The van der Waals surface area contributed by atoms with Crippen molar-refractivity contribution in [2.75, 3.05) is 0 Å². The fourth-order valence-electron chi connectivity index (χ4n) is 0.124. The van der Waals surface area contributed by atoms with Crippen LogP contribution in [0.5, 0.6) is 0 Å². The summed E-state index contributed by atoms with van der Waals surface area (Å²) in [5.41, 5.74) is 0. The zero-order valence-electron chi connectivity index (χ0n) is 5.50. The Bertz CT molecular complexity index is 122. The lowest BCUT2D eigenvalue weighted by Crippen LogP contribution is -2.47. The molecule has 0 aliphatic rings. The Kier molecular flexibility index (Phi) is 6.54. The van der Waals surface area contributed by atoms with Gasteiger partial charge in [-0.3, -0.25) is 0 Å². The first-order valence-corrected chi connectivity index (χ1v) is 1.95. The standard InChI is InChI=1S/C3H2F6O.H3N.H2O/c4-1(5)2(6,10)3(7,8)9;;/h1,10H;1H3;1H2. The third-order valence-corrected chi connectivity index (χ3v) is 0.687. The van der Waals surface area contributed by atoms with Gasteiger partial charge in [-0.05, 0) is 0 Å². The molecule has 0 rings (SSSR count). The molecule has 6 N–H and O–H groups in total. The van der Waals surface area contributed by atoms with Gasteiger partial charge in [-0.2, -0.15) is 17.6 Å². The van der Waals surface area contributed by atoms with Crippen molar-refractivity contribution in [2.45, 2.75) is 18.5 Å². The van der Waals surface area contributed by atoms with E-state index >= 15 is 0 Å². The Labute approximate surface area is 62.9 Å². The highest BCUT2D eigenvalue weighted by Gasteiger charge is 2.62. The van der Waals surface area contributed by atoms with Gasteiger partial charge < -0.3 is 16.7 Å². The van der Waals surface area contributed by atoms with Crippen LogP contribution in [0.3, 0.4) is 0 Å². The van der Waals surface area contributed by atoms with Gasteiger partial charge in [0.1, 0.15) is 0 Å². The van der Waals surface area contributed by atoms with Crippen molar-refractivity contribution in [1.82, 2.24) is 6.15 Å². The van der Waals surface area contributed by atoms with E-state index in [4.69, 9.17) is 5.11 Å². The van der Waals surface area contributed by atoms with Crippen molar-refractivity contribution in [2.24, 2.45) is 0 Å². The Balaban J connectivity index is -0.000000405. The molecule has 0 aliphatic carbocycles. The first-order chi connectivity index (χ1) is 4.19. The summed E-state index contributed by atoms with van der Waals surface area (Å²) in [5.74, 6) is -5.40. The maximum Gasteiger partial charge on any atom is 0.454 e. The minimum absolute atomic E-state index is 0. The van der Waals surface area contributed by atoms with E-state index in [1.165, 1.54) is 0 Å². The Morgan fingerprint density at radius 1 is 1.00 bits per heavy atom. The summed E-state index contributed by atoms with van der Waals surface area (Å²) >= 11 is 0. The number of alkyl halides is 6. The van der Waals surface area contributed by atoms with Crippen LogP contribution in [0.25, 0.3) is 0 Å². The predicted octanol–water partition coefficient (Wildman–Crippen LogP) is 0.809. The molecule has 0 saturated heterocycles. The second-order valence-corrected chi connectivity index (χ2v) is 1.47. The van der Waals surface area contributed by atoms with Crippen LogP contribution in [0.15, 0.2) is 0 Å². The monoisotopic (exact) mass is 203 g/mol. The minimum Gasteiger partial charge on any atom is -0.412 e. The zero-order chi connectivity index (χ0) is 8.58. The summed E-state index contributed by atoms with van der Waals surface area (Å²) in [6.45, 7) is 0. The molecule has 3 nitrogen and oxygen atoms in total. The fourth-order valence-corrected chi connectivity index (χ4v) is 0.124. The van der Waals surface area contributed by atoms with E-state index < -0.39 is 18.5 Å². The molecular formula is C3H7F6NO2. The molecule has 0 aliphatic heterocycles. The normalized spacial score (nSPS) is 16.0. The van der Waals surface area contributed by atoms with Gasteiger partial charge in [0, 0.05) is 0 Å². The van der Waals surface area contributed by atoms with Crippen molar-refractivity contribution in [3.63, 3.8) is 0 Å². The van der Waals surface area contributed by atoms with E-state index in [1.807, 2.05) is 0 Å². The van der Waals surface area contributed by atoms with Crippen LogP contribution in [-0.2, 0) is 0 Å². The van der Waals surface area contributed by atoms with Crippen LogP contribution in [0.4, 0.5) is 26.3 Å². The number of aliphatic hydroxyl groups is 1. The molecule has 0 amide bonds. The van der Waals surface area contributed by atoms with E-state index in [0.29, 0.717) is 0 Å². The Morgan fingerprint density at radius 2 is 1.25 bits per heavy atom. The minimum atomic E-state index is -5.94. The average molecular weight is 203 g/mol. The molecule has 0 spiro atoms. The molecule has 0 aromatic carbocycles. The van der Waals surface area contributed by atoms with E-state index in [0.717, 1.165) is 0 Å². The van der Waals surface area contributed by atoms with Crippen LogP contribution >= 0.6 is 0 Å². The summed E-state index contributed by atoms with van der Waals surface area (Å²) in [6, 6.07) is 0. The topological polar surface area (TPSA) is 86.7 Å². The van der Waals surface area contributed by atoms with Gasteiger partial charge in [-0.25, -0.2) is 8.78 Å². The lowest BCUT2D eigenvalue weighted by Gasteiger charge is -2.20. The SMILES string of the molecule is N.O.OC(F)(C(F)F)C(F)(F)F. The van der Waals surface area contributed by atoms with Crippen molar-refractivity contribution in [3.05, 3.63) is 0 Å². The van der Waals surface area contributed by atoms with E-state index in [2.05, 4.69) is 0 Å². The Morgan fingerprint density at radius 3 is 1.25 bits per heavy atom. The number of halogens is 6. The van der Waals surface area contributed by atoms with Crippen molar-refractivity contribution < 1.29 is 36.9 Å². The predicted molar refractivity (Wildman–Crippen MR) is 26.8 cm³/mol. The van der Waals surface area contributed by atoms with Gasteiger partial charge in [0.2, 0.25) is 0 Å². The average Bonchev–Trinajstić information content (AvgIpc) is 1.62. The van der Waals surface area contributed by atoms with Crippen molar-refractivity contribution >= 4 is 0 Å². The quantitative estimate of drug-likeness (QED) is 0.617. The molecule has 0 radical (unpaired) electrons. The highest BCUT2D eigenvalue weighted by atomic mass is 19.4. The smallest absolute Gasteiger partial charge is 0.412 e. The summed E-state index contributed by atoms with van der Waals surface area (Å²) in [6.07, 6.45) is -10.4. The van der Waals surface area contributed by atoms with Crippen LogP contribution < -0.4 is 6.15 Å². The molecule has 78 valence electrons. The third-order valence-electron chi connectivity index (χ3n) is 0.687. The molecule has 0 saturated carbocycles. The van der Waals surface area contributed by atoms with Crippen molar-refractivity contribution in [1.29, 1.82) is 0 Å². The van der Waals surface area contributed by atoms with Crippen LogP contribution in [-0.4, -0.2) is 29.0 Å². The van der Waals surface area contributed by atoms with Crippen LogP contribution in [0.2, 0.25) is 0 Å². The van der Waals surface area contributed by atoms with Crippen molar-refractivity contribution in [3.8, 4) is 0 Å². The first kappa shape index (κ1) is 17.5. The number of rotatable bonds is 1. The van der Waals surface area contributed by atoms with Gasteiger partial charge >= 0.3 is 18.5 Å². The zero-order valence-corrected chi connectivity index (χ0v) is 5.50. The second kappa shape index (κ2) is 4.48. The third kappa shape index (κ3) is 3.24. The van der Waals surface area contributed by atoms with Gasteiger partial charge in [0.15, 0.2) is 0 Å². The number of hydrogen-bond donors (Lipinski definition) is 2. The van der Waals surface area contributed by atoms with Gasteiger partial charge in [-0.15, -0.1) is 0 Å². The van der Waals surface area contributed by atoms with Gasteiger partial charge in [0.25, 0.3) is 0 Å². The Hall–Kier alpha value is -0.540. The molecule has 0 bridgehead atoms. The molecule has 0 heterocycles. The largest absolute Gasteiger partial charge is 0.454 e. The van der Waals surface area contributed by atoms with Crippen LogP contribution in [0.1, 0.15) is 0 Å². The van der Waals surface area contributed by atoms with Gasteiger partial charge in [0.05, 0.1) is 0 Å². The number of hydrogen-bond acceptors (Lipinski definition) is 2. The molecule has 0 aromatic heterocycles. The molecule has 9 heteroatoms. The molecule has 1 atom stereocenters. The molecular weight excluding hydrogens is 196 g/mol. The van der Waals surface area contributed by atoms with E-state index in [-0.39, 0.29) is 11.6 Å². The fraction of sp³-hybridized carbons (Fsp3) is 1.00. The summed E-state index contributed by atoms with van der Waals surface area (Å²) in [4.78, 5) is 0. The second-order valence-electron chi connectivity index (χ2n) is 1.47. The lowest BCUT2D eigenvalue weighted by molar-refractivity contribution is -0.352. The van der Waals surface area contributed by atoms with Gasteiger partial charge in [-0.1, -0.05) is 0 Å². The summed E-state index contributed by atoms with van der Waals surface area (Å²) in [5, 5.41) is 7.39.